The van der Waals surface area contributed by atoms with Crippen LogP contribution >= 0.6 is 0 Å². The van der Waals surface area contributed by atoms with Gasteiger partial charge in [0.1, 0.15) is 28.9 Å². The molecule has 0 unspecified atom stereocenters. The molecule has 0 aliphatic carbocycles. The number of hydrogen-bond acceptors (Lipinski definition) is 4. The van der Waals surface area contributed by atoms with Crippen LogP contribution in [0.5, 0.6) is 11.5 Å². The Labute approximate surface area is 119 Å². The summed E-state index contributed by atoms with van der Waals surface area (Å²) in [5, 5.41) is 9.09. The Hall–Kier alpha value is -3.08. The normalized spacial score (nSPS) is 10.5. The van der Waals surface area contributed by atoms with Crippen molar-refractivity contribution < 1.29 is 19.1 Å². The average molecular weight is 282 g/mol. The SMILES string of the molecule is O=C(O)c1coc2cc(Oc3ccccc3)ccc2c1=O. The standard InChI is InChI=1S/C16H10O5/c17-15-12-7-6-11(21-10-4-2-1-3-5-10)8-14(12)20-9-13(15)16(18)19/h1-9H,(H,18,19). The minimum Gasteiger partial charge on any atom is -0.477 e. The number of para-hydroxylation sites is 1. The molecule has 0 saturated heterocycles. The van der Waals surface area contributed by atoms with Crippen molar-refractivity contribution in [2.45, 2.75) is 0 Å². The Morgan fingerprint density at radius 3 is 2.52 bits per heavy atom. The topological polar surface area (TPSA) is 76.7 Å². The summed E-state index contributed by atoms with van der Waals surface area (Å²) in [4.78, 5) is 22.8. The van der Waals surface area contributed by atoms with Crippen LogP contribution in [-0.4, -0.2) is 11.1 Å². The fraction of sp³-hybridized carbons (Fsp3) is 0. The Morgan fingerprint density at radius 1 is 1.05 bits per heavy atom. The monoisotopic (exact) mass is 282 g/mol. The lowest BCUT2D eigenvalue weighted by atomic mass is 10.1. The molecule has 3 aromatic rings. The minimum absolute atomic E-state index is 0.204. The molecule has 0 radical (unpaired) electrons. The van der Waals surface area contributed by atoms with Crippen LogP contribution in [0.15, 0.2) is 64.0 Å². The first-order chi connectivity index (χ1) is 10.1. The van der Waals surface area contributed by atoms with Crippen molar-refractivity contribution in [1.29, 1.82) is 0 Å². The minimum atomic E-state index is -1.31. The highest BCUT2D eigenvalue weighted by Gasteiger charge is 2.13. The summed E-state index contributed by atoms with van der Waals surface area (Å²) in [6.45, 7) is 0. The molecule has 0 atom stereocenters. The zero-order chi connectivity index (χ0) is 14.8. The maximum atomic E-state index is 12.0. The van der Waals surface area contributed by atoms with E-state index in [1.807, 2.05) is 18.2 Å². The number of carboxylic acid groups (broad SMARTS) is 1. The molecule has 1 aromatic heterocycles. The van der Waals surface area contributed by atoms with Crippen LogP contribution in [0.4, 0.5) is 0 Å². The van der Waals surface area contributed by atoms with E-state index in [0.717, 1.165) is 6.26 Å². The summed E-state index contributed by atoms with van der Waals surface area (Å²) in [6.07, 6.45) is 0.944. The summed E-state index contributed by atoms with van der Waals surface area (Å²) >= 11 is 0. The largest absolute Gasteiger partial charge is 0.477 e. The summed E-state index contributed by atoms with van der Waals surface area (Å²) in [7, 11) is 0. The quantitative estimate of drug-likeness (QED) is 0.797. The molecule has 1 N–H and O–H groups in total. The van der Waals surface area contributed by atoms with Gasteiger partial charge in [0.25, 0.3) is 0 Å². The van der Waals surface area contributed by atoms with E-state index in [4.69, 9.17) is 14.3 Å². The molecule has 0 saturated carbocycles. The zero-order valence-corrected chi connectivity index (χ0v) is 10.8. The van der Waals surface area contributed by atoms with Gasteiger partial charge in [0, 0.05) is 6.07 Å². The van der Waals surface area contributed by atoms with Crippen LogP contribution in [-0.2, 0) is 0 Å². The Balaban J connectivity index is 2.04. The lowest BCUT2D eigenvalue weighted by Crippen LogP contribution is -2.13. The lowest BCUT2D eigenvalue weighted by molar-refractivity contribution is 0.0693. The van der Waals surface area contributed by atoms with Gasteiger partial charge in [-0.2, -0.15) is 0 Å². The van der Waals surface area contributed by atoms with E-state index >= 15 is 0 Å². The molecule has 0 amide bonds. The van der Waals surface area contributed by atoms with Crippen molar-refractivity contribution in [2.75, 3.05) is 0 Å². The second-order valence-corrected chi connectivity index (χ2v) is 4.36. The number of ether oxygens (including phenoxy) is 1. The first kappa shape index (κ1) is 12.9. The third-order valence-electron chi connectivity index (χ3n) is 2.96. The van der Waals surface area contributed by atoms with E-state index < -0.39 is 11.4 Å². The summed E-state index contributed by atoms with van der Waals surface area (Å²) in [6, 6.07) is 13.8. The second kappa shape index (κ2) is 5.13. The summed E-state index contributed by atoms with van der Waals surface area (Å²) in [5.41, 5.74) is -0.687. The van der Waals surface area contributed by atoms with Gasteiger partial charge in [0.2, 0.25) is 5.43 Å². The number of rotatable bonds is 3. The Morgan fingerprint density at radius 2 is 1.81 bits per heavy atom. The molecule has 0 aliphatic heterocycles. The van der Waals surface area contributed by atoms with E-state index in [9.17, 15) is 9.59 Å². The molecule has 3 rings (SSSR count). The van der Waals surface area contributed by atoms with E-state index in [1.54, 1.807) is 24.3 Å². The van der Waals surface area contributed by atoms with Crippen LogP contribution in [0.3, 0.4) is 0 Å². The van der Waals surface area contributed by atoms with Crippen LogP contribution in [0.2, 0.25) is 0 Å². The van der Waals surface area contributed by atoms with Crippen molar-refractivity contribution in [3.63, 3.8) is 0 Å². The number of hydrogen-bond donors (Lipinski definition) is 1. The van der Waals surface area contributed by atoms with E-state index in [0.29, 0.717) is 11.5 Å². The van der Waals surface area contributed by atoms with Crippen molar-refractivity contribution in [1.82, 2.24) is 0 Å². The van der Waals surface area contributed by atoms with Gasteiger partial charge in [0.15, 0.2) is 0 Å². The van der Waals surface area contributed by atoms with Gasteiger partial charge >= 0.3 is 5.97 Å². The fourth-order valence-corrected chi connectivity index (χ4v) is 1.94. The third kappa shape index (κ3) is 2.49. The van der Waals surface area contributed by atoms with Crippen molar-refractivity contribution in [2.24, 2.45) is 0 Å². The molecule has 1 heterocycles. The van der Waals surface area contributed by atoms with Gasteiger partial charge < -0.3 is 14.3 Å². The zero-order valence-electron chi connectivity index (χ0n) is 10.8. The second-order valence-electron chi connectivity index (χ2n) is 4.36. The van der Waals surface area contributed by atoms with Gasteiger partial charge in [-0.1, -0.05) is 18.2 Å². The van der Waals surface area contributed by atoms with Gasteiger partial charge in [-0.3, -0.25) is 4.79 Å². The number of aromatic carboxylic acids is 1. The van der Waals surface area contributed by atoms with Crippen LogP contribution in [0.1, 0.15) is 10.4 Å². The van der Waals surface area contributed by atoms with Crippen LogP contribution in [0.25, 0.3) is 11.0 Å². The van der Waals surface area contributed by atoms with Crippen molar-refractivity contribution in [3.05, 3.63) is 70.6 Å². The molecule has 0 aliphatic rings. The van der Waals surface area contributed by atoms with E-state index in [-0.39, 0.29) is 16.5 Å². The number of carbonyl (C=O) groups is 1. The maximum Gasteiger partial charge on any atom is 0.342 e. The van der Waals surface area contributed by atoms with Gasteiger partial charge in [-0.25, -0.2) is 4.79 Å². The summed E-state index contributed by atoms with van der Waals surface area (Å²) in [5.74, 6) is -0.156. The van der Waals surface area contributed by atoms with Crippen LogP contribution in [0, 0.1) is 0 Å². The molecular formula is C16H10O5. The molecule has 21 heavy (non-hydrogen) atoms. The first-order valence-corrected chi connectivity index (χ1v) is 6.17. The number of fused-ring (bicyclic) bond motifs is 1. The first-order valence-electron chi connectivity index (χ1n) is 6.17. The van der Waals surface area contributed by atoms with Crippen molar-refractivity contribution in [3.8, 4) is 11.5 Å². The van der Waals surface area contributed by atoms with Gasteiger partial charge in [0.05, 0.1) is 5.39 Å². The summed E-state index contributed by atoms with van der Waals surface area (Å²) < 4.78 is 10.8. The molecule has 5 nitrogen and oxygen atoms in total. The Bertz CT molecular complexity index is 865. The van der Waals surface area contributed by atoms with Crippen LogP contribution < -0.4 is 10.2 Å². The predicted octanol–water partition coefficient (Wildman–Crippen LogP) is 3.28. The molecule has 5 heteroatoms. The average Bonchev–Trinajstić information content (AvgIpc) is 2.48. The van der Waals surface area contributed by atoms with Crippen molar-refractivity contribution >= 4 is 16.9 Å². The molecule has 104 valence electrons. The number of benzene rings is 2. The third-order valence-corrected chi connectivity index (χ3v) is 2.96. The van der Waals surface area contributed by atoms with E-state index in [2.05, 4.69) is 0 Å². The highest BCUT2D eigenvalue weighted by atomic mass is 16.5. The molecule has 0 bridgehead atoms. The predicted molar refractivity (Wildman–Crippen MR) is 76.0 cm³/mol. The highest BCUT2D eigenvalue weighted by Crippen LogP contribution is 2.24. The molecule has 0 fully saturated rings. The number of carboxylic acids is 1. The molecule has 2 aromatic carbocycles. The van der Waals surface area contributed by atoms with Gasteiger partial charge in [-0.05, 0) is 24.3 Å². The lowest BCUT2D eigenvalue weighted by Gasteiger charge is -2.06. The highest BCUT2D eigenvalue weighted by molar-refractivity contribution is 5.91. The maximum absolute atomic E-state index is 12.0. The van der Waals surface area contributed by atoms with E-state index in [1.165, 1.54) is 6.07 Å². The van der Waals surface area contributed by atoms with Gasteiger partial charge in [-0.15, -0.1) is 0 Å². The molecule has 0 spiro atoms. The molecular weight excluding hydrogens is 272 g/mol. The Kier molecular flexibility index (Phi) is 3.16. The smallest absolute Gasteiger partial charge is 0.342 e. The fourth-order valence-electron chi connectivity index (χ4n) is 1.94.